The standard InChI is InChI=1S/C7H13NO3.CH3NO2/c1-4(2)8-6(5(3)9)7(10)11;2-1(3)4/h5-6,9H,1-3H3,(H,10,11);2H2,(H,3,4). The zero-order valence-electron chi connectivity index (χ0n) is 8.84. The second kappa shape index (κ2) is 7.74. The normalized spacial score (nSPS) is 12.8. The summed E-state index contributed by atoms with van der Waals surface area (Å²) >= 11 is 0. The van der Waals surface area contributed by atoms with Crippen molar-refractivity contribution in [1.29, 1.82) is 0 Å². The minimum Gasteiger partial charge on any atom is -0.480 e. The van der Waals surface area contributed by atoms with E-state index in [9.17, 15) is 4.79 Å². The molecule has 5 N–H and O–H groups in total. The van der Waals surface area contributed by atoms with Crippen molar-refractivity contribution in [2.75, 3.05) is 0 Å². The number of aliphatic hydroxyl groups is 1. The number of hydrogen-bond acceptors (Lipinski definition) is 4. The lowest BCUT2D eigenvalue weighted by atomic mass is 10.2. The largest absolute Gasteiger partial charge is 0.480 e. The monoisotopic (exact) mass is 220 g/mol. The van der Waals surface area contributed by atoms with E-state index in [2.05, 4.69) is 10.7 Å². The Morgan fingerprint density at radius 3 is 1.67 bits per heavy atom. The molecule has 0 bridgehead atoms. The maximum absolute atomic E-state index is 10.4. The van der Waals surface area contributed by atoms with Gasteiger partial charge in [-0.25, -0.2) is 9.59 Å². The van der Waals surface area contributed by atoms with Crippen molar-refractivity contribution in [1.82, 2.24) is 0 Å². The molecule has 0 radical (unpaired) electrons. The number of nitrogens with two attached hydrogens (primary N) is 1. The van der Waals surface area contributed by atoms with Crippen molar-refractivity contribution in [2.45, 2.75) is 32.9 Å². The van der Waals surface area contributed by atoms with Gasteiger partial charge in [0.25, 0.3) is 0 Å². The Kier molecular flexibility index (Phi) is 8.17. The average molecular weight is 220 g/mol. The number of carboxylic acids is 1. The van der Waals surface area contributed by atoms with E-state index in [1.165, 1.54) is 6.92 Å². The number of amides is 1. The summed E-state index contributed by atoms with van der Waals surface area (Å²) in [7, 11) is 0. The Balaban J connectivity index is 0. The summed E-state index contributed by atoms with van der Waals surface area (Å²) in [6.45, 7) is 4.79. The van der Waals surface area contributed by atoms with Crippen molar-refractivity contribution in [3.05, 3.63) is 0 Å². The van der Waals surface area contributed by atoms with Crippen LogP contribution in [0.4, 0.5) is 4.79 Å². The van der Waals surface area contributed by atoms with Gasteiger partial charge < -0.3 is 21.1 Å². The first-order valence-corrected chi connectivity index (χ1v) is 4.08. The SMILES string of the molecule is CC(C)=NC(C(=O)O)C(C)O.NC(=O)O. The molecule has 0 aromatic carbocycles. The number of hydrogen-bond donors (Lipinski definition) is 4. The topological polar surface area (TPSA) is 133 Å². The van der Waals surface area contributed by atoms with Crippen LogP contribution < -0.4 is 5.73 Å². The molecule has 0 heterocycles. The summed E-state index contributed by atoms with van der Waals surface area (Å²) < 4.78 is 0. The smallest absolute Gasteiger partial charge is 0.402 e. The van der Waals surface area contributed by atoms with Gasteiger partial charge in [0.15, 0.2) is 6.04 Å². The van der Waals surface area contributed by atoms with Gasteiger partial charge >= 0.3 is 12.1 Å². The van der Waals surface area contributed by atoms with Crippen LogP contribution in [0.3, 0.4) is 0 Å². The number of rotatable bonds is 3. The molecule has 0 aliphatic carbocycles. The van der Waals surface area contributed by atoms with Crippen LogP contribution >= 0.6 is 0 Å². The summed E-state index contributed by atoms with van der Waals surface area (Å²) in [4.78, 5) is 22.9. The highest BCUT2D eigenvalue weighted by Gasteiger charge is 2.21. The Labute approximate surface area is 87.2 Å². The Morgan fingerprint density at radius 2 is 1.60 bits per heavy atom. The number of nitrogens with zero attached hydrogens (tertiary/aromatic N) is 1. The van der Waals surface area contributed by atoms with E-state index in [4.69, 9.17) is 20.1 Å². The molecule has 0 rings (SSSR count). The van der Waals surface area contributed by atoms with Gasteiger partial charge in [0.1, 0.15) is 0 Å². The van der Waals surface area contributed by atoms with Gasteiger partial charge in [-0.2, -0.15) is 0 Å². The molecule has 15 heavy (non-hydrogen) atoms. The van der Waals surface area contributed by atoms with E-state index >= 15 is 0 Å². The molecular formula is C8H16N2O5. The molecule has 0 saturated heterocycles. The van der Waals surface area contributed by atoms with Crippen molar-refractivity contribution < 1.29 is 24.9 Å². The quantitative estimate of drug-likeness (QED) is 0.494. The maximum atomic E-state index is 10.4. The van der Waals surface area contributed by atoms with Gasteiger partial charge in [-0.15, -0.1) is 0 Å². The van der Waals surface area contributed by atoms with E-state index < -0.39 is 24.2 Å². The number of carboxylic acid groups (broad SMARTS) is 2. The van der Waals surface area contributed by atoms with Crippen molar-refractivity contribution in [3.8, 4) is 0 Å². The van der Waals surface area contributed by atoms with Crippen LogP contribution in [0.1, 0.15) is 20.8 Å². The number of aliphatic hydroxyl groups excluding tert-OH is 1. The molecule has 7 heteroatoms. The van der Waals surface area contributed by atoms with Crippen LogP contribution in [-0.4, -0.2) is 45.2 Å². The van der Waals surface area contributed by atoms with Gasteiger partial charge in [-0.3, -0.25) is 4.99 Å². The van der Waals surface area contributed by atoms with E-state index in [1.54, 1.807) is 13.8 Å². The van der Waals surface area contributed by atoms with E-state index in [-0.39, 0.29) is 0 Å². The maximum Gasteiger partial charge on any atom is 0.402 e. The van der Waals surface area contributed by atoms with Crippen LogP contribution in [-0.2, 0) is 4.79 Å². The molecule has 0 aromatic rings. The molecule has 0 fully saturated rings. The Hall–Kier alpha value is -1.63. The number of primary amides is 1. The van der Waals surface area contributed by atoms with Gasteiger partial charge in [-0.05, 0) is 20.8 Å². The summed E-state index contributed by atoms with van der Waals surface area (Å²) in [5.41, 5.74) is 4.68. The molecular weight excluding hydrogens is 204 g/mol. The second-order valence-corrected chi connectivity index (χ2v) is 2.94. The lowest BCUT2D eigenvalue weighted by Gasteiger charge is -2.10. The van der Waals surface area contributed by atoms with Crippen molar-refractivity contribution in [3.63, 3.8) is 0 Å². The van der Waals surface area contributed by atoms with E-state index in [0.717, 1.165) is 0 Å². The molecule has 7 nitrogen and oxygen atoms in total. The lowest BCUT2D eigenvalue weighted by Crippen LogP contribution is -2.30. The predicted molar refractivity (Wildman–Crippen MR) is 54.1 cm³/mol. The molecule has 2 unspecified atom stereocenters. The molecule has 0 aromatic heterocycles. The molecule has 0 aliphatic rings. The third-order valence-electron chi connectivity index (χ3n) is 1.11. The molecule has 0 saturated carbocycles. The third kappa shape index (κ3) is 12.4. The predicted octanol–water partition coefficient (Wildman–Crippen LogP) is -0.0757. The zero-order chi connectivity index (χ0) is 12.6. The van der Waals surface area contributed by atoms with Crippen LogP contribution in [0.15, 0.2) is 4.99 Å². The van der Waals surface area contributed by atoms with Gasteiger partial charge in [0, 0.05) is 5.71 Å². The number of carbonyl (C=O) groups is 2. The summed E-state index contributed by atoms with van der Waals surface area (Å²) in [5.74, 6) is -1.10. The first kappa shape index (κ1) is 15.8. The average Bonchev–Trinajstić information content (AvgIpc) is 1.97. The highest BCUT2D eigenvalue weighted by Crippen LogP contribution is 1.99. The van der Waals surface area contributed by atoms with Crippen molar-refractivity contribution in [2.24, 2.45) is 10.7 Å². The Bertz CT molecular complexity index is 241. The lowest BCUT2D eigenvalue weighted by molar-refractivity contribution is -0.140. The highest BCUT2D eigenvalue weighted by molar-refractivity contribution is 5.83. The fourth-order valence-electron chi connectivity index (χ4n) is 0.648. The van der Waals surface area contributed by atoms with Crippen LogP contribution in [0.25, 0.3) is 0 Å². The second-order valence-electron chi connectivity index (χ2n) is 2.94. The van der Waals surface area contributed by atoms with Gasteiger partial charge in [0.05, 0.1) is 6.10 Å². The van der Waals surface area contributed by atoms with Gasteiger partial charge in [0.2, 0.25) is 0 Å². The van der Waals surface area contributed by atoms with Crippen LogP contribution in [0.2, 0.25) is 0 Å². The zero-order valence-corrected chi connectivity index (χ0v) is 8.84. The van der Waals surface area contributed by atoms with Crippen LogP contribution in [0, 0.1) is 0 Å². The van der Waals surface area contributed by atoms with Crippen molar-refractivity contribution >= 4 is 17.8 Å². The number of aliphatic carboxylic acids is 1. The van der Waals surface area contributed by atoms with Gasteiger partial charge in [-0.1, -0.05) is 0 Å². The molecule has 1 amide bonds. The summed E-state index contributed by atoms with van der Waals surface area (Å²) in [6.07, 6.45) is -2.28. The molecule has 2 atom stereocenters. The van der Waals surface area contributed by atoms with E-state index in [1.807, 2.05) is 0 Å². The first-order chi connectivity index (χ1) is 6.68. The molecule has 0 aliphatic heterocycles. The minimum absolute atomic E-state index is 0.651. The first-order valence-electron chi connectivity index (χ1n) is 4.08. The summed E-state index contributed by atoms with van der Waals surface area (Å²) in [6, 6.07) is -1.03. The number of aliphatic imine (C=N–C) groups is 1. The fourth-order valence-corrected chi connectivity index (χ4v) is 0.648. The fraction of sp³-hybridized carbons (Fsp3) is 0.625. The summed E-state index contributed by atoms with van der Waals surface area (Å²) in [5, 5.41) is 24.7. The third-order valence-corrected chi connectivity index (χ3v) is 1.11. The van der Waals surface area contributed by atoms with E-state index in [0.29, 0.717) is 5.71 Å². The van der Waals surface area contributed by atoms with Crippen LogP contribution in [0.5, 0.6) is 0 Å². The molecule has 0 spiro atoms. The highest BCUT2D eigenvalue weighted by atomic mass is 16.4. The Morgan fingerprint density at radius 1 is 1.27 bits per heavy atom. The molecule has 88 valence electrons. The minimum atomic E-state index is -1.33.